The van der Waals surface area contributed by atoms with Gasteiger partial charge in [0.25, 0.3) is 5.91 Å². The maximum atomic E-state index is 15.5. The van der Waals surface area contributed by atoms with E-state index in [0.717, 1.165) is 23.6 Å². The Kier molecular flexibility index (Phi) is 7.59. The first-order valence-electron chi connectivity index (χ1n) is 13.6. The van der Waals surface area contributed by atoms with Gasteiger partial charge in [0.15, 0.2) is 17.7 Å². The number of aryl methyl sites for hydroxylation is 1. The molecule has 6 nitrogen and oxygen atoms in total. The highest BCUT2D eigenvalue weighted by Gasteiger charge is 2.37. The summed E-state index contributed by atoms with van der Waals surface area (Å²) in [5.41, 5.74) is 3.80. The molecular weight excluding hydrogens is 552 g/mol. The Morgan fingerprint density at radius 1 is 1.07 bits per heavy atom. The summed E-state index contributed by atoms with van der Waals surface area (Å²) in [6.45, 7) is 9.60. The summed E-state index contributed by atoms with van der Waals surface area (Å²) in [5, 5.41) is 10.5. The number of carboxylic acid groups (broad SMARTS) is 1. The van der Waals surface area contributed by atoms with E-state index in [9.17, 15) is 19.1 Å². The summed E-state index contributed by atoms with van der Waals surface area (Å²) in [6.07, 6.45) is 0.352. The molecule has 1 N–H and O–H groups in total. The van der Waals surface area contributed by atoms with E-state index in [-0.39, 0.29) is 22.9 Å². The predicted octanol–water partition coefficient (Wildman–Crippen LogP) is 7.37. The second-order valence-corrected chi connectivity index (χ2v) is 12.0. The van der Waals surface area contributed by atoms with Gasteiger partial charge in [-0.15, -0.1) is 0 Å². The number of hydrogen-bond acceptors (Lipinski definition) is 4. The lowest BCUT2D eigenvalue weighted by molar-refractivity contribution is -0.160. The van der Waals surface area contributed by atoms with Gasteiger partial charge in [0.05, 0.1) is 17.8 Å². The van der Waals surface area contributed by atoms with E-state index in [1.807, 2.05) is 6.92 Å². The molecule has 1 amide bonds. The second-order valence-electron chi connectivity index (χ2n) is 11.5. The monoisotopic (exact) mass is 583 g/mol. The summed E-state index contributed by atoms with van der Waals surface area (Å²) in [5.74, 6) is -2.77. The zero-order chi connectivity index (χ0) is 29.8. The fraction of sp³-hybridized carbons (Fsp3) is 0.375. The molecule has 0 aliphatic carbocycles. The van der Waals surface area contributed by atoms with Crippen LogP contribution in [0.4, 0.5) is 14.5 Å². The molecule has 0 saturated heterocycles. The fourth-order valence-corrected chi connectivity index (χ4v) is 6.02. The van der Waals surface area contributed by atoms with Gasteiger partial charge in [0, 0.05) is 28.4 Å². The van der Waals surface area contributed by atoms with Crippen molar-refractivity contribution >= 4 is 29.2 Å². The first-order chi connectivity index (χ1) is 19.3. The molecule has 5 rings (SSSR count). The van der Waals surface area contributed by atoms with E-state index in [0.29, 0.717) is 53.0 Å². The highest BCUT2D eigenvalue weighted by Crippen LogP contribution is 2.48. The topological polar surface area (TPSA) is 76.1 Å². The van der Waals surface area contributed by atoms with Crippen LogP contribution in [-0.2, 0) is 22.4 Å². The molecule has 0 fully saturated rings. The van der Waals surface area contributed by atoms with E-state index >= 15 is 4.39 Å². The summed E-state index contributed by atoms with van der Waals surface area (Å²) in [6, 6.07) is 7.02. The molecule has 2 aliphatic heterocycles. The van der Waals surface area contributed by atoms with Gasteiger partial charge < -0.3 is 19.5 Å². The van der Waals surface area contributed by atoms with Crippen molar-refractivity contribution < 1.29 is 33.0 Å². The van der Waals surface area contributed by atoms with Crippen molar-refractivity contribution in [2.24, 2.45) is 0 Å². The van der Waals surface area contributed by atoms with Crippen LogP contribution in [0, 0.1) is 25.5 Å². The average molecular weight is 584 g/mol. The van der Waals surface area contributed by atoms with Crippen LogP contribution in [0.15, 0.2) is 30.3 Å². The van der Waals surface area contributed by atoms with Gasteiger partial charge in [-0.3, -0.25) is 4.79 Å². The number of ether oxygens (including phenoxy) is 2. The van der Waals surface area contributed by atoms with E-state index in [2.05, 4.69) is 0 Å². The van der Waals surface area contributed by atoms with Gasteiger partial charge >= 0.3 is 5.97 Å². The van der Waals surface area contributed by atoms with Gasteiger partial charge in [-0.1, -0.05) is 11.6 Å². The number of nitrogens with zero attached hydrogens (tertiary/aromatic N) is 1. The number of hydrogen-bond donors (Lipinski definition) is 1. The number of aliphatic carboxylic acids is 1. The molecule has 2 heterocycles. The van der Waals surface area contributed by atoms with E-state index in [1.54, 1.807) is 33.8 Å². The minimum atomic E-state index is -1.36. The maximum Gasteiger partial charge on any atom is 0.337 e. The number of fused-ring (bicyclic) bond motifs is 2. The first kappa shape index (κ1) is 29.0. The third kappa shape index (κ3) is 5.31. The largest absolute Gasteiger partial charge is 0.490 e. The van der Waals surface area contributed by atoms with Crippen molar-refractivity contribution in [3.8, 4) is 16.9 Å². The van der Waals surface area contributed by atoms with Crippen LogP contribution in [0.3, 0.4) is 0 Å². The van der Waals surface area contributed by atoms with Crippen LogP contribution in [0.2, 0.25) is 5.02 Å². The molecule has 9 heteroatoms. The van der Waals surface area contributed by atoms with Crippen LogP contribution in [0.1, 0.15) is 71.5 Å². The van der Waals surface area contributed by atoms with Gasteiger partial charge in [-0.05, 0) is 112 Å². The highest BCUT2D eigenvalue weighted by atomic mass is 35.5. The zero-order valence-electron chi connectivity index (χ0n) is 23.7. The standard InChI is InChI=1S/C32H32ClF2NO5/c1-16-13-25-21(10-11-36(25)30(37)20-9-8-18(33)14-23(20)34)27(26(16)29(31(38)39)41-32(3,4)5)22-15-24(35)28-19(17(22)2)7-6-12-40-28/h8-9,13-15,29H,6-7,10-12H2,1-5H3,(H,38,39). The van der Waals surface area contributed by atoms with Crippen LogP contribution in [-0.4, -0.2) is 35.7 Å². The Balaban J connectivity index is 1.78. The van der Waals surface area contributed by atoms with Crippen molar-refractivity contribution in [2.75, 3.05) is 18.1 Å². The van der Waals surface area contributed by atoms with Gasteiger partial charge in [-0.25, -0.2) is 13.6 Å². The smallest absolute Gasteiger partial charge is 0.337 e. The Labute approximate surface area is 242 Å². The van der Waals surface area contributed by atoms with Crippen LogP contribution < -0.4 is 9.64 Å². The summed E-state index contributed by atoms with van der Waals surface area (Å²) >= 11 is 5.90. The van der Waals surface area contributed by atoms with Gasteiger partial charge in [0.2, 0.25) is 0 Å². The third-order valence-electron chi connectivity index (χ3n) is 7.60. The average Bonchev–Trinajstić information content (AvgIpc) is 3.31. The number of halogens is 3. The maximum absolute atomic E-state index is 15.5. The molecule has 0 saturated carbocycles. The molecule has 0 aromatic heterocycles. The van der Waals surface area contributed by atoms with Crippen molar-refractivity contribution in [2.45, 2.75) is 65.6 Å². The van der Waals surface area contributed by atoms with E-state index < -0.39 is 35.2 Å². The normalized spacial score (nSPS) is 15.3. The molecule has 0 bridgehead atoms. The SMILES string of the molecule is Cc1cc2c(c(-c3cc(F)c4c(c3C)CCCO4)c1C(OC(C)(C)C)C(=O)O)CCN2C(=O)c1ccc(Cl)cc1F. The fourth-order valence-electron chi connectivity index (χ4n) is 5.86. The molecule has 3 aromatic carbocycles. The van der Waals surface area contributed by atoms with E-state index in [4.69, 9.17) is 21.1 Å². The van der Waals surface area contributed by atoms with Crippen LogP contribution in [0.5, 0.6) is 5.75 Å². The lowest BCUT2D eigenvalue weighted by atomic mass is 9.83. The Hall–Kier alpha value is -3.49. The number of carbonyl (C=O) groups is 2. The lowest BCUT2D eigenvalue weighted by Gasteiger charge is -2.30. The number of anilines is 1. The summed E-state index contributed by atoms with van der Waals surface area (Å²) < 4.78 is 42.0. The van der Waals surface area contributed by atoms with Crippen LogP contribution >= 0.6 is 11.6 Å². The number of rotatable bonds is 5. The third-order valence-corrected chi connectivity index (χ3v) is 7.84. The molecule has 0 radical (unpaired) electrons. The summed E-state index contributed by atoms with van der Waals surface area (Å²) in [7, 11) is 0. The quantitative estimate of drug-likeness (QED) is 0.339. The molecule has 216 valence electrons. The molecule has 3 aromatic rings. The number of benzene rings is 3. The number of carbonyl (C=O) groups excluding carboxylic acids is 1. The molecule has 1 unspecified atom stereocenters. The molecule has 0 spiro atoms. The lowest BCUT2D eigenvalue weighted by Crippen LogP contribution is -2.30. The van der Waals surface area contributed by atoms with Gasteiger partial charge in [-0.2, -0.15) is 0 Å². The molecule has 2 aliphatic rings. The summed E-state index contributed by atoms with van der Waals surface area (Å²) in [4.78, 5) is 27.7. The molecule has 41 heavy (non-hydrogen) atoms. The molecular formula is C32H32ClF2NO5. The zero-order valence-corrected chi connectivity index (χ0v) is 24.4. The van der Waals surface area contributed by atoms with Crippen molar-refractivity contribution in [3.05, 3.63) is 80.4 Å². The molecule has 1 atom stereocenters. The second kappa shape index (κ2) is 10.7. The minimum absolute atomic E-state index is 0.127. The number of carboxylic acids is 1. The predicted molar refractivity (Wildman–Crippen MR) is 153 cm³/mol. The van der Waals surface area contributed by atoms with Crippen LogP contribution in [0.25, 0.3) is 11.1 Å². The number of amides is 1. The Morgan fingerprint density at radius 2 is 1.80 bits per heavy atom. The Morgan fingerprint density at radius 3 is 2.46 bits per heavy atom. The Bertz CT molecular complexity index is 1580. The van der Waals surface area contributed by atoms with Crippen molar-refractivity contribution in [1.82, 2.24) is 0 Å². The first-order valence-corrected chi connectivity index (χ1v) is 14.0. The highest BCUT2D eigenvalue weighted by molar-refractivity contribution is 6.30. The van der Waals surface area contributed by atoms with Crippen molar-refractivity contribution in [3.63, 3.8) is 0 Å². The van der Waals surface area contributed by atoms with Gasteiger partial charge in [0.1, 0.15) is 5.82 Å². The minimum Gasteiger partial charge on any atom is -0.490 e. The van der Waals surface area contributed by atoms with E-state index in [1.165, 1.54) is 23.1 Å². The van der Waals surface area contributed by atoms with Crippen molar-refractivity contribution in [1.29, 1.82) is 0 Å².